The number of phenolic OH excluding ortho intramolecular Hbond substituents is 1. The Morgan fingerprint density at radius 3 is 2.76 bits per heavy atom. The second-order valence-electron chi connectivity index (χ2n) is 7.50. The van der Waals surface area contributed by atoms with E-state index in [1.54, 1.807) is 12.1 Å². The molecule has 2 heterocycles. The van der Waals surface area contributed by atoms with Crippen molar-refractivity contribution in [3.8, 4) is 11.5 Å². The van der Waals surface area contributed by atoms with Crippen LogP contribution < -0.4 is 21.4 Å². The predicted octanol–water partition coefficient (Wildman–Crippen LogP) is 1.13. The first-order chi connectivity index (χ1) is 15.6. The molecular formula is C20H25BrN6O6. The van der Waals surface area contributed by atoms with Crippen molar-refractivity contribution >= 4 is 39.3 Å². The highest BCUT2D eigenvalue weighted by molar-refractivity contribution is 9.10. The van der Waals surface area contributed by atoms with Gasteiger partial charge >= 0.3 is 5.69 Å². The number of halogens is 1. The van der Waals surface area contributed by atoms with E-state index in [1.807, 2.05) is 13.8 Å². The molecule has 0 aliphatic rings. The van der Waals surface area contributed by atoms with Crippen LogP contribution >= 0.6 is 15.9 Å². The van der Waals surface area contributed by atoms with Gasteiger partial charge in [-0.25, -0.2) is 10.2 Å². The number of aliphatic hydroxyl groups is 1. The third-order valence-electron chi connectivity index (χ3n) is 4.67. The van der Waals surface area contributed by atoms with Crippen molar-refractivity contribution in [2.24, 2.45) is 12.1 Å². The minimum atomic E-state index is -0.941. The van der Waals surface area contributed by atoms with Crippen LogP contribution in [0, 0.1) is 0 Å². The van der Waals surface area contributed by atoms with Crippen molar-refractivity contribution in [2.75, 3.05) is 19.1 Å². The third-order valence-corrected chi connectivity index (χ3v) is 5.28. The van der Waals surface area contributed by atoms with Crippen molar-refractivity contribution in [3.05, 3.63) is 43.0 Å². The number of aromatic nitrogens is 4. The van der Waals surface area contributed by atoms with E-state index in [0.29, 0.717) is 10.0 Å². The van der Waals surface area contributed by atoms with E-state index in [9.17, 15) is 19.8 Å². The van der Waals surface area contributed by atoms with E-state index in [-0.39, 0.29) is 47.9 Å². The summed E-state index contributed by atoms with van der Waals surface area (Å²) in [4.78, 5) is 31.1. The Morgan fingerprint density at radius 2 is 2.09 bits per heavy atom. The van der Waals surface area contributed by atoms with Gasteiger partial charge in [-0.15, -0.1) is 0 Å². The van der Waals surface area contributed by atoms with Crippen LogP contribution in [0.5, 0.6) is 11.5 Å². The van der Waals surface area contributed by atoms with E-state index < -0.39 is 17.4 Å². The molecule has 178 valence electrons. The maximum absolute atomic E-state index is 12.5. The molecule has 12 nitrogen and oxygen atoms in total. The summed E-state index contributed by atoms with van der Waals surface area (Å²) in [5, 5.41) is 24.5. The number of aryl methyl sites for hydroxylation is 1. The molecule has 0 amide bonds. The molecule has 0 aliphatic heterocycles. The molecule has 0 bridgehead atoms. The van der Waals surface area contributed by atoms with Crippen LogP contribution in [-0.2, 0) is 18.3 Å². The van der Waals surface area contributed by atoms with Gasteiger partial charge in [-0.05, 0) is 47.5 Å². The van der Waals surface area contributed by atoms with Gasteiger partial charge in [-0.2, -0.15) is 10.1 Å². The number of H-pyrrole nitrogens is 1. The summed E-state index contributed by atoms with van der Waals surface area (Å²) in [5.74, 6) is 0.358. The van der Waals surface area contributed by atoms with Crippen molar-refractivity contribution in [1.82, 2.24) is 19.1 Å². The number of aliphatic hydroxyl groups excluding tert-OH is 1. The highest BCUT2D eigenvalue weighted by Crippen LogP contribution is 2.34. The lowest BCUT2D eigenvalue weighted by Crippen LogP contribution is -2.30. The second kappa shape index (κ2) is 10.2. The van der Waals surface area contributed by atoms with Gasteiger partial charge < -0.3 is 24.3 Å². The fourth-order valence-electron chi connectivity index (χ4n) is 3.05. The molecule has 1 unspecified atom stereocenters. The van der Waals surface area contributed by atoms with Crippen LogP contribution in [-0.4, -0.2) is 61.5 Å². The van der Waals surface area contributed by atoms with Gasteiger partial charge in [0.25, 0.3) is 5.56 Å². The van der Waals surface area contributed by atoms with Gasteiger partial charge in [0.05, 0.1) is 43.2 Å². The number of ether oxygens (including phenoxy) is 2. The van der Waals surface area contributed by atoms with Crippen molar-refractivity contribution in [3.63, 3.8) is 0 Å². The van der Waals surface area contributed by atoms with Crippen molar-refractivity contribution in [2.45, 2.75) is 32.6 Å². The highest BCUT2D eigenvalue weighted by Gasteiger charge is 2.20. The van der Waals surface area contributed by atoms with E-state index in [4.69, 9.17) is 9.47 Å². The van der Waals surface area contributed by atoms with E-state index in [0.717, 1.165) is 0 Å². The van der Waals surface area contributed by atoms with Crippen molar-refractivity contribution < 1.29 is 19.7 Å². The molecule has 0 fully saturated rings. The molecule has 0 spiro atoms. The summed E-state index contributed by atoms with van der Waals surface area (Å²) in [6, 6.07) is 3.21. The van der Waals surface area contributed by atoms with E-state index in [1.165, 1.54) is 29.5 Å². The Balaban J connectivity index is 1.98. The van der Waals surface area contributed by atoms with Gasteiger partial charge in [-0.1, -0.05) is 0 Å². The minimum absolute atomic E-state index is 0.0268. The average Bonchev–Trinajstić information content (AvgIpc) is 3.11. The predicted molar refractivity (Wildman–Crippen MR) is 126 cm³/mol. The van der Waals surface area contributed by atoms with Crippen LogP contribution in [0.1, 0.15) is 19.4 Å². The summed E-state index contributed by atoms with van der Waals surface area (Å²) in [7, 11) is 2.91. The van der Waals surface area contributed by atoms with Gasteiger partial charge in [-0.3, -0.25) is 14.3 Å². The normalized spacial score (nSPS) is 12.7. The number of nitrogens with zero attached hydrogens (tertiary/aromatic N) is 4. The number of rotatable bonds is 9. The summed E-state index contributed by atoms with van der Waals surface area (Å²) in [6.45, 7) is 3.71. The molecule has 0 aliphatic carbocycles. The zero-order valence-corrected chi connectivity index (χ0v) is 20.1. The van der Waals surface area contributed by atoms with Crippen LogP contribution in [0.25, 0.3) is 11.2 Å². The molecule has 0 saturated carbocycles. The van der Waals surface area contributed by atoms with Gasteiger partial charge in [0.15, 0.2) is 22.7 Å². The number of anilines is 1. The highest BCUT2D eigenvalue weighted by atomic mass is 79.9. The summed E-state index contributed by atoms with van der Waals surface area (Å²) < 4.78 is 13.6. The molecule has 3 rings (SSSR count). The Bertz CT molecular complexity index is 1290. The van der Waals surface area contributed by atoms with Crippen molar-refractivity contribution in [1.29, 1.82) is 0 Å². The molecule has 0 radical (unpaired) electrons. The SMILES string of the molecule is COc1cc(C=NNc2nc3c(c(=O)[nH]c(=O)n3C)n2CC(O)COC(C)C)cc(Br)c1O. The number of hydrogen-bond donors (Lipinski definition) is 4. The number of nitrogens with one attached hydrogen (secondary N) is 2. The number of benzene rings is 1. The average molecular weight is 525 g/mol. The quantitative estimate of drug-likeness (QED) is 0.239. The third kappa shape index (κ3) is 5.43. The molecule has 13 heteroatoms. The number of phenols is 1. The number of aromatic amines is 1. The fraction of sp³-hybridized carbons (Fsp3) is 0.400. The van der Waals surface area contributed by atoms with Gasteiger partial charge in [0.1, 0.15) is 0 Å². The number of aromatic hydroxyl groups is 1. The summed E-state index contributed by atoms with van der Waals surface area (Å²) in [5.41, 5.74) is 2.33. The molecule has 33 heavy (non-hydrogen) atoms. The molecule has 0 saturated heterocycles. The van der Waals surface area contributed by atoms with Crippen LogP contribution in [0.2, 0.25) is 0 Å². The summed E-state index contributed by atoms with van der Waals surface area (Å²) in [6.07, 6.45) is 0.438. The Hall–Kier alpha value is -3.16. The zero-order chi connectivity index (χ0) is 24.3. The lowest BCUT2D eigenvalue weighted by Gasteiger charge is -2.15. The lowest BCUT2D eigenvalue weighted by atomic mass is 10.2. The number of hydrazone groups is 1. The monoisotopic (exact) mass is 524 g/mol. The molecule has 3 aromatic rings. The standard InChI is InChI=1S/C20H25BrN6O6/c1-10(2)33-9-12(28)8-27-15-17(26(3)20(31)24-18(15)30)23-19(27)25-22-7-11-5-13(21)16(29)14(6-11)32-4/h5-7,10,12,28-29H,8-9H2,1-4H3,(H,23,25)(H,24,30,31). The first-order valence-corrected chi connectivity index (χ1v) is 10.8. The Kier molecular flexibility index (Phi) is 7.56. The van der Waals surface area contributed by atoms with E-state index in [2.05, 4.69) is 36.4 Å². The molecule has 1 atom stereocenters. The van der Waals surface area contributed by atoms with Gasteiger partial charge in [0, 0.05) is 7.05 Å². The molecule has 4 N–H and O–H groups in total. The maximum atomic E-state index is 12.5. The van der Waals surface area contributed by atoms with Crippen LogP contribution in [0.15, 0.2) is 31.3 Å². The number of methoxy groups -OCH3 is 1. The Morgan fingerprint density at radius 1 is 1.36 bits per heavy atom. The topological polar surface area (TPSA) is 156 Å². The zero-order valence-electron chi connectivity index (χ0n) is 18.5. The Labute approximate surface area is 196 Å². The number of imidazole rings is 1. The van der Waals surface area contributed by atoms with Crippen LogP contribution in [0.3, 0.4) is 0 Å². The first kappa shape index (κ1) is 24.5. The van der Waals surface area contributed by atoms with Crippen LogP contribution in [0.4, 0.5) is 5.95 Å². The first-order valence-electron chi connectivity index (χ1n) is 9.97. The fourth-order valence-corrected chi connectivity index (χ4v) is 3.51. The summed E-state index contributed by atoms with van der Waals surface area (Å²) >= 11 is 3.25. The van der Waals surface area contributed by atoms with E-state index >= 15 is 0 Å². The second-order valence-corrected chi connectivity index (χ2v) is 8.35. The molecule has 1 aromatic carbocycles. The lowest BCUT2D eigenvalue weighted by molar-refractivity contribution is -0.000105. The van der Waals surface area contributed by atoms with Gasteiger partial charge in [0.2, 0.25) is 5.95 Å². The molecular weight excluding hydrogens is 500 g/mol. The minimum Gasteiger partial charge on any atom is -0.503 e. The maximum Gasteiger partial charge on any atom is 0.329 e. The number of fused-ring (bicyclic) bond motifs is 1. The number of hydrogen-bond acceptors (Lipinski definition) is 9. The smallest absolute Gasteiger partial charge is 0.329 e. The molecule has 2 aromatic heterocycles. The largest absolute Gasteiger partial charge is 0.503 e.